The van der Waals surface area contributed by atoms with Gasteiger partial charge in [-0.05, 0) is 42.8 Å². The molecule has 25 heavy (non-hydrogen) atoms. The van der Waals surface area contributed by atoms with Crippen molar-refractivity contribution in [3.05, 3.63) is 70.3 Å². The summed E-state index contributed by atoms with van der Waals surface area (Å²) in [5.74, 6) is 0.211. The van der Waals surface area contributed by atoms with E-state index >= 15 is 0 Å². The lowest BCUT2D eigenvalue weighted by Gasteiger charge is -2.11. The molecule has 128 valence electrons. The molecule has 0 aliphatic rings. The third-order valence-electron chi connectivity index (χ3n) is 3.92. The number of benzene rings is 1. The predicted molar refractivity (Wildman–Crippen MR) is 95.8 cm³/mol. The van der Waals surface area contributed by atoms with Gasteiger partial charge in [0.05, 0.1) is 17.5 Å². The minimum Gasteiger partial charge on any atom is -0.494 e. The van der Waals surface area contributed by atoms with Crippen molar-refractivity contribution in [2.45, 2.75) is 13.5 Å². The molecule has 0 saturated heterocycles. The number of carbonyl (C=O) groups is 1. The summed E-state index contributed by atoms with van der Waals surface area (Å²) in [4.78, 5) is 29.2. The van der Waals surface area contributed by atoms with Gasteiger partial charge in [-0.15, -0.1) is 0 Å². The second kappa shape index (κ2) is 7.17. The zero-order chi connectivity index (χ0) is 17.8. The fraction of sp³-hybridized carbons (Fsp3) is 0.211. The number of nitrogens with one attached hydrogen (secondary N) is 1. The molecule has 2 heterocycles. The average molecular weight is 337 g/mol. The summed E-state index contributed by atoms with van der Waals surface area (Å²) in [5, 5.41) is 3.24. The van der Waals surface area contributed by atoms with Gasteiger partial charge in [0.1, 0.15) is 11.3 Å². The molecular weight excluding hydrogens is 318 g/mol. The fourth-order valence-electron chi connectivity index (χ4n) is 2.67. The van der Waals surface area contributed by atoms with Crippen LogP contribution in [0.25, 0.3) is 10.9 Å². The summed E-state index contributed by atoms with van der Waals surface area (Å²) in [6.45, 7) is 2.73. The van der Waals surface area contributed by atoms with Crippen LogP contribution >= 0.6 is 0 Å². The fourth-order valence-corrected chi connectivity index (χ4v) is 2.67. The maximum absolute atomic E-state index is 12.8. The lowest BCUT2D eigenvalue weighted by atomic mass is 10.1. The van der Waals surface area contributed by atoms with E-state index < -0.39 is 5.91 Å². The molecule has 3 aromatic rings. The number of aryl methyl sites for hydroxylation is 1. The van der Waals surface area contributed by atoms with Crippen molar-refractivity contribution in [1.82, 2.24) is 14.9 Å². The first-order chi connectivity index (χ1) is 12.1. The number of fused-ring (bicyclic) bond motifs is 1. The predicted octanol–water partition coefficient (Wildman–Crippen LogP) is 2.26. The summed E-state index contributed by atoms with van der Waals surface area (Å²) < 4.78 is 7.23. The van der Waals surface area contributed by atoms with Gasteiger partial charge in [0.2, 0.25) is 5.43 Å². The minimum absolute atomic E-state index is 0.109. The van der Waals surface area contributed by atoms with Gasteiger partial charge >= 0.3 is 0 Å². The summed E-state index contributed by atoms with van der Waals surface area (Å²) in [5.41, 5.74) is 1.47. The normalized spacial score (nSPS) is 10.6. The van der Waals surface area contributed by atoms with Crippen LogP contribution in [0.3, 0.4) is 0 Å². The topological polar surface area (TPSA) is 73.2 Å². The van der Waals surface area contributed by atoms with Crippen molar-refractivity contribution in [1.29, 1.82) is 0 Å². The number of aromatic nitrogens is 2. The van der Waals surface area contributed by atoms with Crippen LogP contribution in [0.2, 0.25) is 0 Å². The second-order valence-corrected chi connectivity index (χ2v) is 5.63. The Bertz CT molecular complexity index is 965. The minimum atomic E-state index is -0.402. The first-order valence-electron chi connectivity index (χ1n) is 8.03. The highest BCUT2D eigenvalue weighted by molar-refractivity contribution is 5.97. The Morgan fingerprint density at radius 1 is 1.24 bits per heavy atom. The molecule has 0 spiro atoms. The first kappa shape index (κ1) is 16.7. The number of hydrogen-bond donors (Lipinski definition) is 1. The Balaban J connectivity index is 1.94. The van der Waals surface area contributed by atoms with Gasteiger partial charge < -0.3 is 14.6 Å². The van der Waals surface area contributed by atoms with Crippen LogP contribution in [-0.2, 0) is 13.6 Å². The van der Waals surface area contributed by atoms with Crippen LogP contribution in [0.1, 0.15) is 22.8 Å². The SMILES string of the molecule is CCOc1ccc2c(c1)c(=O)c(C(=O)NCc1ccncc1)cn2C. The number of rotatable bonds is 5. The third-order valence-corrected chi connectivity index (χ3v) is 3.92. The molecule has 0 aliphatic carbocycles. The molecule has 0 saturated carbocycles. The molecule has 2 aromatic heterocycles. The molecule has 6 heteroatoms. The van der Waals surface area contributed by atoms with Crippen molar-refractivity contribution in [2.75, 3.05) is 6.61 Å². The molecule has 1 aromatic carbocycles. The van der Waals surface area contributed by atoms with Gasteiger partial charge in [0.25, 0.3) is 5.91 Å². The Labute approximate surface area is 145 Å². The molecule has 1 amide bonds. The van der Waals surface area contributed by atoms with E-state index in [1.54, 1.807) is 29.2 Å². The van der Waals surface area contributed by atoms with E-state index in [1.807, 2.05) is 38.2 Å². The first-order valence-corrected chi connectivity index (χ1v) is 8.03. The average Bonchev–Trinajstić information content (AvgIpc) is 2.64. The van der Waals surface area contributed by atoms with Crippen LogP contribution < -0.4 is 15.5 Å². The standard InChI is InChI=1S/C19H19N3O3/c1-3-25-14-4-5-17-15(10-14)18(23)16(12-22(17)2)19(24)21-11-13-6-8-20-9-7-13/h4-10,12H,3,11H2,1-2H3,(H,21,24). The van der Waals surface area contributed by atoms with Gasteiger partial charge in [0, 0.05) is 32.2 Å². The van der Waals surface area contributed by atoms with Crippen molar-refractivity contribution >= 4 is 16.8 Å². The summed E-state index contributed by atoms with van der Waals surface area (Å²) in [6.07, 6.45) is 4.88. The van der Waals surface area contributed by atoms with Crippen LogP contribution in [-0.4, -0.2) is 22.1 Å². The van der Waals surface area contributed by atoms with E-state index in [0.717, 1.165) is 11.1 Å². The number of amides is 1. The van der Waals surface area contributed by atoms with E-state index in [9.17, 15) is 9.59 Å². The zero-order valence-corrected chi connectivity index (χ0v) is 14.2. The molecule has 0 aliphatic heterocycles. The highest BCUT2D eigenvalue weighted by Gasteiger charge is 2.15. The van der Waals surface area contributed by atoms with Gasteiger partial charge in [-0.3, -0.25) is 14.6 Å². The molecule has 0 atom stereocenters. The Hall–Kier alpha value is -3.15. The highest BCUT2D eigenvalue weighted by atomic mass is 16.5. The van der Waals surface area contributed by atoms with Crippen molar-refractivity contribution in [2.24, 2.45) is 7.05 Å². The third kappa shape index (κ3) is 3.52. The number of carbonyl (C=O) groups excluding carboxylic acids is 1. The van der Waals surface area contributed by atoms with E-state index in [4.69, 9.17) is 4.74 Å². The van der Waals surface area contributed by atoms with Crippen LogP contribution in [0, 0.1) is 0 Å². The summed E-state index contributed by atoms with van der Waals surface area (Å²) >= 11 is 0. The number of hydrogen-bond acceptors (Lipinski definition) is 4. The van der Waals surface area contributed by atoms with E-state index in [1.165, 1.54) is 0 Å². The maximum atomic E-state index is 12.8. The zero-order valence-electron chi connectivity index (χ0n) is 14.2. The molecule has 0 fully saturated rings. The van der Waals surface area contributed by atoms with E-state index in [2.05, 4.69) is 10.3 Å². The van der Waals surface area contributed by atoms with Crippen molar-refractivity contribution in [3.63, 3.8) is 0 Å². The van der Waals surface area contributed by atoms with E-state index in [-0.39, 0.29) is 11.0 Å². The maximum Gasteiger partial charge on any atom is 0.257 e. The van der Waals surface area contributed by atoms with E-state index in [0.29, 0.717) is 24.3 Å². The monoisotopic (exact) mass is 337 g/mol. The highest BCUT2D eigenvalue weighted by Crippen LogP contribution is 2.18. The Kier molecular flexibility index (Phi) is 4.79. The van der Waals surface area contributed by atoms with Crippen molar-refractivity contribution < 1.29 is 9.53 Å². The Morgan fingerprint density at radius 2 is 2.00 bits per heavy atom. The smallest absolute Gasteiger partial charge is 0.257 e. The second-order valence-electron chi connectivity index (χ2n) is 5.63. The lowest BCUT2D eigenvalue weighted by Crippen LogP contribution is -2.29. The van der Waals surface area contributed by atoms with Crippen LogP contribution in [0.5, 0.6) is 5.75 Å². The van der Waals surface area contributed by atoms with Gasteiger partial charge in [0.15, 0.2) is 0 Å². The molecule has 0 bridgehead atoms. The molecule has 0 radical (unpaired) electrons. The molecule has 1 N–H and O–H groups in total. The summed E-state index contributed by atoms with van der Waals surface area (Å²) in [6, 6.07) is 8.94. The molecule has 0 unspecified atom stereocenters. The molecular formula is C19H19N3O3. The largest absolute Gasteiger partial charge is 0.494 e. The van der Waals surface area contributed by atoms with Crippen LogP contribution in [0.4, 0.5) is 0 Å². The Morgan fingerprint density at radius 3 is 2.72 bits per heavy atom. The number of nitrogens with zero attached hydrogens (tertiary/aromatic N) is 2. The van der Waals surface area contributed by atoms with Crippen molar-refractivity contribution in [3.8, 4) is 5.75 Å². The lowest BCUT2D eigenvalue weighted by molar-refractivity contribution is 0.0949. The van der Waals surface area contributed by atoms with Gasteiger partial charge in [-0.1, -0.05) is 0 Å². The number of pyridine rings is 2. The molecule has 6 nitrogen and oxygen atoms in total. The van der Waals surface area contributed by atoms with Gasteiger partial charge in [-0.2, -0.15) is 0 Å². The van der Waals surface area contributed by atoms with Crippen LogP contribution in [0.15, 0.2) is 53.7 Å². The molecule has 3 rings (SSSR count). The van der Waals surface area contributed by atoms with Gasteiger partial charge in [-0.25, -0.2) is 0 Å². The quantitative estimate of drug-likeness (QED) is 0.775. The number of ether oxygens (including phenoxy) is 1. The summed E-state index contributed by atoms with van der Waals surface area (Å²) in [7, 11) is 1.81.